The van der Waals surface area contributed by atoms with E-state index in [-0.39, 0.29) is 11.4 Å². The maximum atomic E-state index is 12.8. The first kappa shape index (κ1) is 22.1. The third-order valence-corrected chi connectivity index (χ3v) is 6.32. The first-order chi connectivity index (χ1) is 16.7. The molecule has 0 amide bonds. The number of aromatic nitrogens is 6. The molecular weight excluding hydrogens is 472 g/mol. The molecule has 0 unspecified atom stereocenters. The molecule has 2 aromatic heterocycles. The lowest BCUT2D eigenvalue weighted by Gasteiger charge is -2.12. The fourth-order valence-corrected chi connectivity index (χ4v) is 4.54. The second kappa shape index (κ2) is 9.66. The molecule has 0 fully saturated rings. The van der Waals surface area contributed by atoms with E-state index >= 15 is 0 Å². The standard InChI is InChI=1S/C24H19ClN6O2S/c1-2-33-17-13-11-16(12-14-17)31-22(18-7-3-5-9-20(18)25)27-28-24(31)34-15-30-23(32)19-8-4-6-10-21(19)26-29-30/h3-14H,2,15H2,1H3. The minimum absolute atomic E-state index is 0.212. The third-order valence-electron chi connectivity index (χ3n) is 5.10. The largest absolute Gasteiger partial charge is 0.494 e. The van der Waals surface area contributed by atoms with E-state index in [0.29, 0.717) is 33.5 Å². The van der Waals surface area contributed by atoms with Crippen molar-refractivity contribution >= 4 is 34.3 Å². The number of hydrogen-bond donors (Lipinski definition) is 0. The second-order valence-corrected chi connectivity index (χ2v) is 8.55. The molecule has 0 saturated carbocycles. The van der Waals surface area contributed by atoms with E-state index in [9.17, 15) is 4.79 Å². The average molecular weight is 491 g/mol. The Labute approximate surface area is 204 Å². The molecule has 0 saturated heterocycles. The summed E-state index contributed by atoms with van der Waals surface area (Å²) < 4.78 is 8.80. The topological polar surface area (TPSA) is 87.7 Å². The maximum absolute atomic E-state index is 12.8. The molecule has 0 radical (unpaired) electrons. The summed E-state index contributed by atoms with van der Waals surface area (Å²) in [6.45, 7) is 2.52. The Morgan fingerprint density at radius 3 is 2.50 bits per heavy atom. The lowest BCUT2D eigenvalue weighted by Crippen LogP contribution is -2.23. The number of benzene rings is 3. The molecule has 0 atom stereocenters. The normalized spacial score (nSPS) is 11.1. The molecule has 5 aromatic rings. The van der Waals surface area contributed by atoms with Gasteiger partial charge in [-0.05, 0) is 55.5 Å². The van der Waals surface area contributed by atoms with Crippen LogP contribution in [0.3, 0.4) is 0 Å². The van der Waals surface area contributed by atoms with Crippen molar-refractivity contribution in [3.8, 4) is 22.8 Å². The lowest BCUT2D eigenvalue weighted by molar-refractivity contribution is 0.340. The molecule has 0 aliphatic heterocycles. The zero-order valence-corrected chi connectivity index (χ0v) is 19.7. The summed E-state index contributed by atoms with van der Waals surface area (Å²) in [5.41, 5.74) is 1.94. The van der Waals surface area contributed by atoms with Crippen LogP contribution in [0.15, 0.2) is 82.7 Å². The number of thioether (sulfide) groups is 1. The third kappa shape index (κ3) is 4.27. The highest BCUT2D eigenvalue weighted by Gasteiger charge is 2.19. The fraction of sp³-hybridized carbons (Fsp3) is 0.125. The zero-order chi connectivity index (χ0) is 23.5. The number of fused-ring (bicyclic) bond motifs is 1. The van der Waals surface area contributed by atoms with Crippen LogP contribution in [-0.2, 0) is 5.88 Å². The average Bonchev–Trinajstić information content (AvgIpc) is 3.28. The molecule has 3 aromatic carbocycles. The highest BCUT2D eigenvalue weighted by molar-refractivity contribution is 7.98. The van der Waals surface area contributed by atoms with Gasteiger partial charge in [0.1, 0.15) is 11.3 Å². The monoisotopic (exact) mass is 490 g/mol. The van der Waals surface area contributed by atoms with E-state index in [1.165, 1.54) is 16.4 Å². The molecule has 0 aliphatic rings. The van der Waals surface area contributed by atoms with Crippen LogP contribution in [0.4, 0.5) is 0 Å². The molecular formula is C24H19ClN6O2S. The van der Waals surface area contributed by atoms with Gasteiger partial charge in [0.25, 0.3) is 5.56 Å². The first-order valence-electron chi connectivity index (χ1n) is 10.5. The van der Waals surface area contributed by atoms with Crippen LogP contribution in [-0.4, -0.2) is 36.4 Å². The van der Waals surface area contributed by atoms with Gasteiger partial charge in [0.2, 0.25) is 0 Å². The number of halogens is 1. The Morgan fingerprint density at radius 1 is 0.941 bits per heavy atom. The minimum Gasteiger partial charge on any atom is -0.494 e. The molecule has 10 heteroatoms. The van der Waals surface area contributed by atoms with Gasteiger partial charge in [0, 0.05) is 5.56 Å². The van der Waals surface area contributed by atoms with Crippen molar-refractivity contribution in [2.24, 2.45) is 0 Å². The zero-order valence-electron chi connectivity index (χ0n) is 18.1. The molecule has 8 nitrogen and oxygen atoms in total. The van der Waals surface area contributed by atoms with Crippen LogP contribution in [0.2, 0.25) is 5.02 Å². The van der Waals surface area contributed by atoms with E-state index in [4.69, 9.17) is 16.3 Å². The van der Waals surface area contributed by atoms with E-state index in [1.54, 1.807) is 18.2 Å². The van der Waals surface area contributed by atoms with Crippen molar-refractivity contribution in [1.82, 2.24) is 29.8 Å². The molecule has 0 bridgehead atoms. The first-order valence-corrected chi connectivity index (χ1v) is 11.9. The van der Waals surface area contributed by atoms with Crippen LogP contribution in [0.25, 0.3) is 28.0 Å². The van der Waals surface area contributed by atoms with Gasteiger partial charge >= 0.3 is 0 Å². The van der Waals surface area contributed by atoms with Crippen molar-refractivity contribution in [3.05, 3.63) is 88.2 Å². The van der Waals surface area contributed by atoms with E-state index in [0.717, 1.165) is 17.0 Å². The summed E-state index contributed by atoms with van der Waals surface area (Å²) in [4.78, 5) is 12.8. The predicted molar refractivity (Wildman–Crippen MR) is 133 cm³/mol. The summed E-state index contributed by atoms with van der Waals surface area (Å²) >= 11 is 7.80. The van der Waals surface area contributed by atoms with Crippen LogP contribution in [0.5, 0.6) is 5.75 Å². The summed E-state index contributed by atoms with van der Waals surface area (Å²) in [6.07, 6.45) is 0. The highest BCUT2D eigenvalue weighted by Crippen LogP contribution is 2.32. The number of rotatable bonds is 7. The van der Waals surface area contributed by atoms with E-state index in [2.05, 4.69) is 20.5 Å². The Kier molecular flexibility index (Phi) is 6.29. The Bertz CT molecular complexity index is 1520. The molecule has 34 heavy (non-hydrogen) atoms. The number of nitrogens with zero attached hydrogens (tertiary/aromatic N) is 6. The molecule has 2 heterocycles. The highest BCUT2D eigenvalue weighted by atomic mass is 35.5. The van der Waals surface area contributed by atoms with Gasteiger partial charge in [0.15, 0.2) is 11.0 Å². The molecule has 5 rings (SSSR count). The Morgan fingerprint density at radius 2 is 1.71 bits per heavy atom. The van der Waals surface area contributed by atoms with Gasteiger partial charge in [-0.2, -0.15) is 4.68 Å². The molecule has 0 aliphatic carbocycles. The summed E-state index contributed by atoms with van der Waals surface area (Å²) in [5.74, 6) is 1.58. The maximum Gasteiger partial charge on any atom is 0.278 e. The van der Waals surface area contributed by atoms with Gasteiger partial charge in [-0.1, -0.05) is 52.8 Å². The number of ether oxygens (including phenoxy) is 1. The van der Waals surface area contributed by atoms with Crippen LogP contribution < -0.4 is 10.3 Å². The summed E-state index contributed by atoms with van der Waals surface area (Å²) in [5, 5.41) is 18.7. The van der Waals surface area contributed by atoms with Crippen LogP contribution >= 0.6 is 23.4 Å². The summed E-state index contributed by atoms with van der Waals surface area (Å²) in [6, 6.07) is 22.3. The minimum atomic E-state index is -0.212. The van der Waals surface area contributed by atoms with Crippen molar-refractivity contribution < 1.29 is 4.74 Å². The smallest absolute Gasteiger partial charge is 0.278 e. The van der Waals surface area contributed by atoms with Gasteiger partial charge in [-0.15, -0.1) is 15.3 Å². The quantitative estimate of drug-likeness (QED) is 0.301. The predicted octanol–water partition coefficient (Wildman–Crippen LogP) is 4.84. The van der Waals surface area contributed by atoms with Crippen molar-refractivity contribution in [3.63, 3.8) is 0 Å². The molecule has 0 spiro atoms. The Hall–Kier alpha value is -3.69. The second-order valence-electron chi connectivity index (χ2n) is 7.23. The molecule has 0 N–H and O–H groups in total. The molecule has 170 valence electrons. The van der Waals surface area contributed by atoms with Gasteiger partial charge in [-0.3, -0.25) is 9.36 Å². The Balaban J connectivity index is 1.54. The SMILES string of the molecule is CCOc1ccc(-n2c(SCn3nnc4ccccc4c3=O)nnc2-c2ccccc2Cl)cc1. The van der Waals surface area contributed by atoms with Crippen LogP contribution in [0.1, 0.15) is 6.92 Å². The van der Waals surface area contributed by atoms with Crippen molar-refractivity contribution in [2.75, 3.05) is 6.61 Å². The van der Waals surface area contributed by atoms with E-state index < -0.39 is 0 Å². The fourth-order valence-electron chi connectivity index (χ4n) is 3.50. The lowest BCUT2D eigenvalue weighted by atomic mass is 10.2. The number of hydrogen-bond acceptors (Lipinski definition) is 7. The van der Waals surface area contributed by atoms with E-state index in [1.807, 2.05) is 66.1 Å². The van der Waals surface area contributed by atoms with Crippen molar-refractivity contribution in [2.45, 2.75) is 18.0 Å². The van der Waals surface area contributed by atoms with Gasteiger partial charge in [0.05, 0.1) is 28.6 Å². The summed E-state index contributed by atoms with van der Waals surface area (Å²) in [7, 11) is 0. The van der Waals surface area contributed by atoms with Gasteiger partial charge in [-0.25, -0.2) is 0 Å². The van der Waals surface area contributed by atoms with Crippen LogP contribution in [0, 0.1) is 0 Å². The van der Waals surface area contributed by atoms with Gasteiger partial charge < -0.3 is 4.74 Å². The van der Waals surface area contributed by atoms with Crippen molar-refractivity contribution in [1.29, 1.82) is 0 Å².